The minimum absolute atomic E-state index is 0.208. The zero-order chi connectivity index (χ0) is 14.5. The Hall–Kier alpha value is -2.49. The first kappa shape index (κ1) is 13.9. The molecule has 2 aromatic carbocycles. The van der Waals surface area contributed by atoms with Gasteiger partial charge in [0, 0.05) is 12.7 Å². The molecular formula is C16H18N2O2. The summed E-state index contributed by atoms with van der Waals surface area (Å²) >= 11 is 0. The highest BCUT2D eigenvalue weighted by molar-refractivity contribution is 6.02. The van der Waals surface area contributed by atoms with Crippen molar-refractivity contribution in [3.05, 3.63) is 54.1 Å². The molecule has 1 N–H and O–H groups in total. The molecule has 0 saturated carbocycles. The molecule has 4 heteroatoms. The Bertz CT molecular complexity index is 597. The molecule has 0 aliphatic heterocycles. The van der Waals surface area contributed by atoms with Crippen LogP contribution >= 0.6 is 0 Å². The van der Waals surface area contributed by atoms with Gasteiger partial charge in [0.2, 0.25) is 0 Å². The van der Waals surface area contributed by atoms with E-state index in [1.54, 1.807) is 19.1 Å². The number of ether oxygens (including phenoxy) is 1. The van der Waals surface area contributed by atoms with E-state index in [2.05, 4.69) is 5.32 Å². The zero-order valence-corrected chi connectivity index (χ0v) is 11.9. The van der Waals surface area contributed by atoms with Crippen LogP contribution < -0.4 is 15.0 Å². The van der Waals surface area contributed by atoms with Crippen LogP contribution in [0.2, 0.25) is 0 Å². The molecule has 0 fully saturated rings. The van der Waals surface area contributed by atoms with E-state index in [1.807, 2.05) is 55.5 Å². The van der Waals surface area contributed by atoms with Gasteiger partial charge in [-0.3, -0.25) is 4.90 Å². The predicted octanol–water partition coefficient (Wildman–Crippen LogP) is 3.67. The van der Waals surface area contributed by atoms with Gasteiger partial charge in [0.25, 0.3) is 0 Å². The number of carbonyl (C=O) groups is 1. The summed E-state index contributed by atoms with van der Waals surface area (Å²) in [5, 5.41) is 2.86. The number of hydrogen-bond donors (Lipinski definition) is 1. The van der Waals surface area contributed by atoms with Gasteiger partial charge in [0.15, 0.2) is 0 Å². The highest BCUT2D eigenvalue weighted by Crippen LogP contribution is 2.26. The molecule has 0 aromatic heterocycles. The molecule has 0 bridgehead atoms. The van der Waals surface area contributed by atoms with E-state index in [9.17, 15) is 4.79 Å². The largest absolute Gasteiger partial charge is 0.495 e. The highest BCUT2D eigenvalue weighted by Gasteiger charge is 2.13. The molecule has 2 rings (SSSR count). The molecule has 0 aliphatic carbocycles. The van der Waals surface area contributed by atoms with Crippen molar-refractivity contribution in [2.24, 2.45) is 0 Å². The summed E-state index contributed by atoms with van der Waals surface area (Å²) in [6.07, 6.45) is 0. The number of nitrogens with zero attached hydrogens (tertiary/aromatic N) is 1. The maximum Gasteiger partial charge on any atom is 0.326 e. The first-order chi connectivity index (χ1) is 9.61. The summed E-state index contributed by atoms with van der Waals surface area (Å²) in [6, 6.07) is 14.9. The van der Waals surface area contributed by atoms with Crippen molar-refractivity contribution < 1.29 is 9.53 Å². The van der Waals surface area contributed by atoms with Crippen molar-refractivity contribution in [2.45, 2.75) is 6.92 Å². The van der Waals surface area contributed by atoms with Crippen LogP contribution in [0.15, 0.2) is 48.5 Å². The van der Waals surface area contributed by atoms with Crippen LogP contribution in [-0.2, 0) is 0 Å². The molecule has 20 heavy (non-hydrogen) atoms. The van der Waals surface area contributed by atoms with Crippen molar-refractivity contribution in [3.8, 4) is 5.75 Å². The summed E-state index contributed by atoms with van der Waals surface area (Å²) in [4.78, 5) is 13.8. The van der Waals surface area contributed by atoms with Gasteiger partial charge >= 0.3 is 6.03 Å². The molecule has 0 aliphatic rings. The Labute approximate surface area is 119 Å². The lowest BCUT2D eigenvalue weighted by atomic mass is 10.2. The second-order valence-electron chi connectivity index (χ2n) is 4.53. The lowest BCUT2D eigenvalue weighted by Crippen LogP contribution is -2.31. The van der Waals surface area contributed by atoms with E-state index in [-0.39, 0.29) is 6.03 Å². The smallest absolute Gasteiger partial charge is 0.326 e. The van der Waals surface area contributed by atoms with E-state index in [1.165, 1.54) is 0 Å². The lowest BCUT2D eigenvalue weighted by Gasteiger charge is -2.19. The van der Waals surface area contributed by atoms with E-state index in [0.717, 1.165) is 11.3 Å². The van der Waals surface area contributed by atoms with Gasteiger partial charge in [0.05, 0.1) is 12.8 Å². The van der Waals surface area contributed by atoms with E-state index in [4.69, 9.17) is 4.74 Å². The Morgan fingerprint density at radius 2 is 1.85 bits per heavy atom. The van der Waals surface area contributed by atoms with Crippen LogP contribution in [0.3, 0.4) is 0 Å². The summed E-state index contributed by atoms with van der Waals surface area (Å²) < 4.78 is 5.25. The van der Waals surface area contributed by atoms with E-state index in [0.29, 0.717) is 11.4 Å². The summed E-state index contributed by atoms with van der Waals surface area (Å²) in [5.74, 6) is 0.644. The van der Waals surface area contributed by atoms with Crippen LogP contribution in [0.25, 0.3) is 0 Å². The van der Waals surface area contributed by atoms with Crippen molar-refractivity contribution in [1.29, 1.82) is 0 Å². The number of anilines is 2. The maximum absolute atomic E-state index is 12.3. The van der Waals surface area contributed by atoms with Crippen molar-refractivity contribution in [1.82, 2.24) is 0 Å². The van der Waals surface area contributed by atoms with Crippen LogP contribution in [0, 0.1) is 6.92 Å². The minimum atomic E-state index is -0.208. The standard InChI is InChI=1S/C16H18N2O2/c1-12-9-10-15(20-3)14(11-12)17-16(19)18(2)13-7-5-4-6-8-13/h4-11H,1-3H3,(H,17,19). The number of aryl methyl sites for hydroxylation is 1. The average Bonchev–Trinajstić information content (AvgIpc) is 2.47. The van der Waals surface area contributed by atoms with Gasteiger partial charge in [-0.05, 0) is 36.8 Å². The Morgan fingerprint density at radius 3 is 2.50 bits per heavy atom. The van der Waals surface area contributed by atoms with Crippen molar-refractivity contribution >= 4 is 17.4 Å². The molecule has 0 spiro atoms. The lowest BCUT2D eigenvalue weighted by molar-refractivity contribution is 0.258. The van der Waals surface area contributed by atoms with Gasteiger partial charge in [-0.2, -0.15) is 0 Å². The number of rotatable bonds is 3. The fraction of sp³-hybridized carbons (Fsp3) is 0.188. The Morgan fingerprint density at radius 1 is 1.15 bits per heavy atom. The van der Waals surface area contributed by atoms with Crippen LogP contribution in [0.4, 0.5) is 16.2 Å². The van der Waals surface area contributed by atoms with Crippen LogP contribution in [0.5, 0.6) is 5.75 Å². The van der Waals surface area contributed by atoms with E-state index < -0.39 is 0 Å². The number of para-hydroxylation sites is 1. The normalized spacial score (nSPS) is 9.95. The molecule has 104 valence electrons. The highest BCUT2D eigenvalue weighted by atomic mass is 16.5. The van der Waals surface area contributed by atoms with Crippen LogP contribution in [-0.4, -0.2) is 20.2 Å². The van der Waals surface area contributed by atoms with Crippen LogP contribution in [0.1, 0.15) is 5.56 Å². The molecule has 2 amide bonds. The topological polar surface area (TPSA) is 41.6 Å². The second kappa shape index (κ2) is 6.10. The van der Waals surface area contributed by atoms with Crippen molar-refractivity contribution in [3.63, 3.8) is 0 Å². The third kappa shape index (κ3) is 3.09. The number of amides is 2. The van der Waals surface area contributed by atoms with Gasteiger partial charge in [-0.15, -0.1) is 0 Å². The second-order valence-corrected chi connectivity index (χ2v) is 4.53. The Kier molecular flexibility index (Phi) is 4.25. The van der Waals surface area contributed by atoms with Gasteiger partial charge in [0.1, 0.15) is 5.75 Å². The Balaban J connectivity index is 2.18. The number of hydrogen-bond acceptors (Lipinski definition) is 2. The summed E-state index contributed by atoms with van der Waals surface area (Å²) in [6.45, 7) is 1.97. The first-order valence-corrected chi connectivity index (χ1v) is 6.36. The number of benzene rings is 2. The van der Waals surface area contributed by atoms with Crippen molar-refractivity contribution in [2.75, 3.05) is 24.4 Å². The molecule has 0 saturated heterocycles. The molecule has 4 nitrogen and oxygen atoms in total. The molecule has 0 atom stereocenters. The van der Waals surface area contributed by atoms with Gasteiger partial charge < -0.3 is 10.1 Å². The van der Waals surface area contributed by atoms with Gasteiger partial charge in [-0.1, -0.05) is 24.3 Å². The molecule has 0 radical (unpaired) electrons. The predicted molar refractivity (Wildman–Crippen MR) is 81.6 cm³/mol. The fourth-order valence-corrected chi connectivity index (χ4v) is 1.89. The molecule has 0 heterocycles. The number of methoxy groups -OCH3 is 1. The SMILES string of the molecule is COc1ccc(C)cc1NC(=O)N(C)c1ccccc1. The summed E-state index contributed by atoms with van der Waals surface area (Å²) in [5.41, 5.74) is 2.56. The molecular weight excluding hydrogens is 252 g/mol. The molecule has 2 aromatic rings. The third-order valence-electron chi connectivity index (χ3n) is 3.04. The fourth-order valence-electron chi connectivity index (χ4n) is 1.89. The number of urea groups is 1. The first-order valence-electron chi connectivity index (χ1n) is 6.36. The average molecular weight is 270 g/mol. The number of carbonyl (C=O) groups excluding carboxylic acids is 1. The van der Waals surface area contributed by atoms with Gasteiger partial charge in [-0.25, -0.2) is 4.79 Å². The molecule has 0 unspecified atom stereocenters. The third-order valence-corrected chi connectivity index (χ3v) is 3.04. The minimum Gasteiger partial charge on any atom is -0.495 e. The monoisotopic (exact) mass is 270 g/mol. The maximum atomic E-state index is 12.3. The van der Waals surface area contributed by atoms with E-state index >= 15 is 0 Å². The zero-order valence-electron chi connectivity index (χ0n) is 11.9. The number of nitrogens with one attached hydrogen (secondary N) is 1. The summed E-state index contributed by atoms with van der Waals surface area (Å²) in [7, 11) is 3.31. The quantitative estimate of drug-likeness (QED) is 0.924.